The second kappa shape index (κ2) is 9.13. The molecule has 1 saturated heterocycles. The zero-order chi connectivity index (χ0) is 22.7. The molecule has 0 atom stereocenters. The number of hydrogen-bond donors (Lipinski definition) is 0. The lowest BCUT2D eigenvalue weighted by Crippen LogP contribution is -2.49. The smallest absolute Gasteiger partial charge is 0.246 e. The fraction of sp³-hybridized carbons (Fsp3) is 0.304. The van der Waals surface area contributed by atoms with Crippen LogP contribution in [0.25, 0.3) is 11.3 Å². The molecule has 1 aliphatic heterocycles. The summed E-state index contributed by atoms with van der Waals surface area (Å²) in [5.74, 6) is 1.87. The van der Waals surface area contributed by atoms with Crippen molar-refractivity contribution in [2.75, 3.05) is 45.3 Å². The molecule has 1 aliphatic rings. The molecule has 2 aromatic carbocycles. The third kappa shape index (κ3) is 4.39. The van der Waals surface area contributed by atoms with E-state index in [4.69, 9.17) is 9.47 Å². The molecule has 0 saturated carbocycles. The van der Waals surface area contributed by atoms with E-state index in [0.717, 1.165) is 28.4 Å². The molecule has 1 fully saturated rings. The third-order valence-electron chi connectivity index (χ3n) is 5.54. The molecular formula is C23H26N4O4S. The molecule has 2 heterocycles. The van der Waals surface area contributed by atoms with Crippen LogP contribution in [0.4, 0.5) is 5.82 Å². The minimum absolute atomic E-state index is 0.206. The van der Waals surface area contributed by atoms with Gasteiger partial charge in [0.25, 0.3) is 0 Å². The van der Waals surface area contributed by atoms with Crippen LogP contribution in [0.5, 0.6) is 11.5 Å². The summed E-state index contributed by atoms with van der Waals surface area (Å²) in [5.41, 5.74) is 2.59. The van der Waals surface area contributed by atoms with Crippen LogP contribution in [0.3, 0.4) is 0 Å². The Labute approximate surface area is 188 Å². The van der Waals surface area contributed by atoms with Gasteiger partial charge in [0.2, 0.25) is 10.0 Å². The zero-order valence-electron chi connectivity index (χ0n) is 18.4. The van der Waals surface area contributed by atoms with Gasteiger partial charge >= 0.3 is 0 Å². The van der Waals surface area contributed by atoms with E-state index in [-0.39, 0.29) is 4.90 Å². The predicted molar refractivity (Wildman–Crippen MR) is 123 cm³/mol. The number of benzene rings is 2. The molecule has 0 amide bonds. The molecule has 0 aliphatic carbocycles. The molecule has 168 valence electrons. The fourth-order valence-electron chi connectivity index (χ4n) is 3.69. The van der Waals surface area contributed by atoms with Crippen molar-refractivity contribution in [3.05, 3.63) is 60.2 Å². The summed E-state index contributed by atoms with van der Waals surface area (Å²) in [6, 6.07) is 16.7. The topological polar surface area (TPSA) is 84.9 Å². The van der Waals surface area contributed by atoms with Gasteiger partial charge in [-0.1, -0.05) is 6.07 Å². The number of aromatic nitrogens is 2. The number of nitrogens with zero attached hydrogens (tertiary/aromatic N) is 4. The molecule has 32 heavy (non-hydrogen) atoms. The normalized spacial score (nSPS) is 14.9. The van der Waals surface area contributed by atoms with Crippen LogP contribution in [0, 0.1) is 6.92 Å². The first kappa shape index (κ1) is 22.0. The van der Waals surface area contributed by atoms with Crippen LogP contribution < -0.4 is 14.4 Å². The summed E-state index contributed by atoms with van der Waals surface area (Å²) in [4.78, 5) is 2.25. The van der Waals surface area contributed by atoms with Gasteiger partial charge in [0.05, 0.1) is 19.9 Å². The van der Waals surface area contributed by atoms with E-state index in [1.165, 1.54) is 11.4 Å². The van der Waals surface area contributed by atoms with Crippen LogP contribution in [0.15, 0.2) is 59.5 Å². The number of sulfonamides is 1. The average molecular weight is 455 g/mol. The highest BCUT2D eigenvalue weighted by atomic mass is 32.2. The number of anilines is 1. The molecule has 4 rings (SSSR count). The van der Waals surface area contributed by atoms with Crippen LogP contribution in [-0.2, 0) is 10.0 Å². The van der Waals surface area contributed by atoms with Crippen molar-refractivity contribution >= 4 is 15.8 Å². The Kier molecular flexibility index (Phi) is 6.29. The van der Waals surface area contributed by atoms with Crippen molar-refractivity contribution in [1.82, 2.24) is 14.5 Å². The Morgan fingerprint density at radius 1 is 0.844 bits per heavy atom. The minimum atomic E-state index is -3.65. The Morgan fingerprint density at radius 3 is 2.16 bits per heavy atom. The van der Waals surface area contributed by atoms with Gasteiger partial charge in [-0.25, -0.2) is 8.42 Å². The number of hydrogen-bond acceptors (Lipinski definition) is 7. The van der Waals surface area contributed by atoms with Crippen molar-refractivity contribution in [2.45, 2.75) is 11.8 Å². The van der Waals surface area contributed by atoms with E-state index in [1.807, 2.05) is 54.3 Å². The molecule has 0 bridgehead atoms. The summed E-state index contributed by atoms with van der Waals surface area (Å²) in [7, 11) is -0.533. The van der Waals surface area contributed by atoms with Gasteiger partial charge < -0.3 is 14.4 Å². The molecular weight excluding hydrogens is 428 g/mol. The van der Waals surface area contributed by atoms with E-state index in [2.05, 4.69) is 10.2 Å². The molecule has 3 aromatic rings. The van der Waals surface area contributed by atoms with Gasteiger partial charge in [0.1, 0.15) is 16.4 Å². The molecule has 0 unspecified atom stereocenters. The van der Waals surface area contributed by atoms with Crippen molar-refractivity contribution in [2.24, 2.45) is 0 Å². The quantitative estimate of drug-likeness (QED) is 0.566. The Bertz CT molecular complexity index is 1170. The lowest BCUT2D eigenvalue weighted by molar-refractivity contribution is 0.373. The predicted octanol–water partition coefficient (Wildman–Crippen LogP) is 2.98. The summed E-state index contributed by atoms with van der Waals surface area (Å²) in [5, 5.41) is 8.71. The van der Waals surface area contributed by atoms with E-state index in [9.17, 15) is 8.42 Å². The van der Waals surface area contributed by atoms with Crippen LogP contribution in [-0.4, -0.2) is 63.3 Å². The summed E-state index contributed by atoms with van der Waals surface area (Å²) in [6.45, 7) is 3.65. The van der Waals surface area contributed by atoms with Gasteiger partial charge in [-0.3, -0.25) is 0 Å². The van der Waals surface area contributed by atoms with Crippen molar-refractivity contribution in [3.63, 3.8) is 0 Å². The molecule has 0 radical (unpaired) electrons. The lowest BCUT2D eigenvalue weighted by atomic mass is 10.1. The van der Waals surface area contributed by atoms with Crippen LogP contribution >= 0.6 is 0 Å². The fourth-order valence-corrected chi connectivity index (χ4v) is 5.35. The first-order valence-corrected chi connectivity index (χ1v) is 11.7. The van der Waals surface area contributed by atoms with Gasteiger partial charge in [0.15, 0.2) is 5.82 Å². The second-order valence-corrected chi connectivity index (χ2v) is 9.46. The average Bonchev–Trinajstić information content (AvgIpc) is 2.84. The number of aryl methyl sites for hydroxylation is 1. The number of ether oxygens (including phenoxy) is 2. The molecule has 0 spiro atoms. The highest BCUT2D eigenvalue weighted by Gasteiger charge is 2.31. The summed E-state index contributed by atoms with van der Waals surface area (Å²) >= 11 is 0. The van der Waals surface area contributed by atoms with Crippen LogP contribution in [0.2, 0.25) is 0 Å². The van der Waals surface area contributed by atoms with Crippen molar-refractivity contribution in [1.29, 1.82) is 0 Å². The summed E-state index contributed by atoms with van der Waals surface area (Å²) in [6.07, 6.45) is 0. The minimum Gasteiger partial charge on any atom is -0.497 e. The van der Waals surface area contributed by atoms with Gasteiger partial charge in [-0.2, -0.15) is 4.31 Å². The highest BCUT2D eigenvalue weighted by Crippen LogP contribution is 2.29. The van der Waals surface area contributed by atoms with Gasteiger partial charge in [-0.05, 0) is 61.0 Å². The Balaban J connectivity index is 1.45. The first-order valence-electron chi connectivity index (χ1n) is 10.3. The second-order valence-electron chi connectivity index (χ2n) is 7.55. The zero-order valence-corrected chi connectivity index (χ0v) is 19.2. The van der Waals surface area contributed by atoms with Crippen molar-refractivity contribution < 1.29 is 17.9 Å². The lowest BCUT2D eigenvalue weighted by Gasteiger charge is -2.34. The van der Waals surface area contributed by atoms with Gasteiger partial charge in [-0.15, -0.1) is 10.2 Å². The maximum absolute atomic E-state index is 13.2. The number of methoxy groups -OCH3 is 2. The number of piperazine rings is 1. The highest BCUT2D eigenvalue weighted by molar-refractivity contribution is 7.89. The maximum atomic E-state index is 13.2. The van der Waals surface area contributed by atoms with Gasteiger partial charge in [0, 0.05) is 31.7 Å². The molecule has 0 N–H and O–H groups in total. The molecule has 8 nitrogen and oxygen atoms in total. The Hall–Kier alpha value is -3.17. The largest absolute Gasteiger partial charge is 0.497 e. The number of rotatable bonds is 6. The standard InChI is InChI=1S/C23H26N4O4S/c1-17-4-10-21(31-3)22(16-17)32(28,29)27-14-12-26(13-15-27)23-11-9-20(24-25-23)18-5-7-19(30-2)8-6-18/h4-11,16H,12-15H2,1-3H3. The van der Waals surface area contributed by atoms with E-state index in [1.54, 1.807) is 19.2 Å². The van der Waals surface area contributed by atoms with Crippen molar-refractivity contribution in [3.8, 4) is 22.8 Å². The molecule has 1 aromatic heterocycles. The summed E-state index contributed by atoms with van der Waals surface area (Å²) < 4.78 is 38.4. The monoisotopic (exact) mass is 454 g/mol. The van der Waals surface area contributed by atoms with E-state index < -0.39 is 10.0 Å². The van der Waals surface area contributed by atoms with E-state index >= 15 is 0 Å². The molecule has 9 heteroatoms. The Morgan fingerprint density at radius 2 is 1.56 bits per heavy atom. The first-order chi connectivity index (χ1) is 15.4. The van der Waals surface area contributed by atoms with E-state index in [0.29, 0.717) is 31.9 Å². The SMILES string of the molecule is COc1ccc(-c2ccc(N3CCN(S(=O)(=O)c4cc(C)ccc4OC)CC3)nn2)cc1. The maximum Gasteiger partial charge on any atom is 0.246 e. The third-order valence-corrected chi connectivity index (χ3v) is 7.46. The van der Waals surface area contributed by atoms with Crippen LogP contribution in [0.1, 0.15) is 5.56 Å².